The van der Waals surface area contributed by atoms with Crippen molar-refractivity contribution in [3.63, 3.8) is 0 Å². The zero-order valence-electron chi connectivity index (χ0n) is 15.9. The highest BCUT2D eigenvalue weighted by molar-refractivity contribution is 6.04. The number of benzene rings is 2. The lowest BCUT2D eigenvalue weighted by Gasteiger charge is -2.50. The Morgan fingerprint density at radius 1 is 1.15 bits per heavy atom. The van der Waals surface area contributed by atoms with Gasteiger partial charge in [0.15, 0.2) is 0 Å². The topological polar surface area (TPSA) is 48.3 Å². The Bertz CT molecular complexity index is 916. The number of nitrogens with zero attached hydrogens (tertiary/aromatic N) is 3. The highest BCUT2D eigenvalue weighted by atomic mass is 16.5. The summed E-state index contributed by atoms with van der Waals surface area (Å²) in [5.41, 5.74) is 3.70. The summed E-state index contributed by atoms with van der Waals surface area (Å²) in [6, 6.07) is 14.2. The Hall–Kier alpha value is -2.53. The van der Waals surface area contributed by atoms with Crippen molar-refractivity contribution in [1.82, 2.24) is 9.91 Å². The number of hydrazone groups is 1. The molecule has 5 heteroatoms. The van der Waals surface area contributed by atoms with Crippen molar-refractivity contribution in [1.29, 1.82) is 0 Å². The van der Waals surface area contributed by atoms with Gasteiger partial charge in [-0.1, -0.05) is 29.8 Å². The van der Waals surface area contributed by atoms with Gasteiger partial charge >= 0.3 is 0 Å². The van der Waals surface area contributed by atoms with E-state index in [2.05, 4.69) is 35.2 Å². The molecule has 140 valence electrons. The Labute approximate surface area is 159 Å². The summed E-state index contributed by atoms with van der Waals surface area (Å²) in [5.74, 6) is 1.28. The van der Waals surface area contributed by atoms with Crippen molar-refractivity contribution >= 4 is 5.71 Å². The first-order chi connectivity index (χ1) is 13.1. The zero-order chi connectivity index (χ0) is 18.6. The normalized spacial score (nSPS) is 23.6. The molecular formula is C22H25N3O2. The van der Waals surface area contributed by atoms with Crippen molar-refractivity contribution in [3.05, 3.63) is 59.2 Å². The summed E-state index contributed by atoms with van der Waals surface area (Å²) in [4.78, 5) is 2.34. The summed E-state index contributed by atoms with van der Waals surface area (Å²) < 4.78 is 6.59. The second kappa shape index (κ2) is 5.99. The van der Waals surface area contributed by atoms with Gasteiger partial charge in [-0.25, -0.2) is 5.01 Å². The SMILES string of the molecule is Cc1ccc(O)c(C2=NN3[C@H](C2)c2ccccc2OC32CCN(C)CC2)c1. The van der Waals surface area contributed by atoms with E-state index in [4.69, 9.17) is 9.84 Å². The molecule has 0 aromatic heterocycles. The third-order valence-electron chi connectivity index (χ3n) is 6.14. The third-order valence-corrected chi connectivity index (χ3v) is 6.14. The van der Waals surface area contributed by atoms with Crippen molar-refractivity contribution in [2.45, 2.75) is 38.0 Å². The molecule has 2 aromatic carbocycles. The summed E-state index contributed by atoms with van der Waals surface area (Å²) in [5, 5.41) is 17.6. The summed E-state index contributed by atoms with van der Waals surface area (Å²) in [6.07, 6.45) is 2.63. The number of para-hydroxylation sites is 1. The monoisotopic (exact) mass is 363 g/mol. The van der Waals surface area contributed by atoms with Crippen LogP contribution in [0.1, 0.15) is 42.0 Å². The van der Waals surface area contributed by atoms with Gasteiger partial charge in [-0.15, -0.1) is 0 Å². The highest BCUT2D eigenvalue weighted by Crippen LogP contribution is 2.50. The molecule has 0 unspecified atom stereocenters. The maximum absolute atomic E-state index is 10.4. The van der Waals surface area contributed by atoms with Gasteiger partial charge in [-0.3, -0.25) is 0 Å². The fourth-order valence-electron chi connectivity index (χ4n) is 4.57. The molecule has 3 heterocycles. The molecular weight excluding hydrogens is 338 g/mol. The first-order valence-corrected chi connectivity index (χ1v) is 9.69. The van der Waals surface area contributed by atoms with E-state index in [-0.39, 0.29) is 6.04 Å². The highest BCUT2D eigenvalue weighted by Gasteiger charge is 2.51. The Morgan fingerprint density at radius 3 is 2.74 bits per heavy atom. The lowest BCUT2D eigenvalue weighted by Crippen LogP contribution is -2.58. The average Bonchev–Trinajstić information content (AvgIpc) is 3.13. The Morgan fingerprint density at radius 2 is 1.93 bits per heavy atom. The lowest BCUT2D eigenvalue weighted by atomic mass is 9.90. The van der Waals surface area contributed by atoms with E-state index in [9.17, 15) is 5.11 Å². The molecule has 3 aliphatic heterocycles. The van der Waals surface area contributed by atoms with Crippen molar-refractivity contribution in [3.8, 4) is 11.5 Å². The van der Waals surface area contributed by atoms with Gasteiger partial charge in [0.2, 0.25) is 5.72 Å². The van der Waals surface area contributed by atoms with E-state index >= 15 is 0 Å². The van der Waals surface area contributed by atoms with Crippen LogP contribution in [0.25, 0.3) is 0 Å². The number of piperidine rings is 1. The second-order valence-electron chi connectivity index (χ2n) is 8.02. The lowest BCUT2D eigenvalue weighted by molar-refractivity contribution is -0.147. The van der Waals surface area contributed by atoms with Crippen LogP contribution in [-0.4, -0.2) is 46.6 Å². The average molecular weight is 363 g/mol. The zero-order valence-corrected chi connectivity index (χ0v) is 15.9. The number of ether oxygens (including phenoxy) is 1. The molecule has 27 heavy (non-hydrogen) atoms. The van der Waals surface area contributed by atoms with Gasteiger partial charge in [0.25, 0.3) is 0 Å². The standard InChI is InChI=1S/C22H25N3O2/c1-15-7-8-20(26)17(13-15)18-14-19-16-5-3-4-6-21(16)27-22(25(19)23-18)9-11-24(2)12-10-22/h3-8,13,19,26H,9-12,14H2,1-2H3/t19-/m1/s1. The molecule has 1 N–H and O–H groups in total. The molecule has 1 atom stereocenters. The molecule has 0 bridgehead atoms. The van der Waals surface area contributed by atoms with Crippen LogP contribution >= 0.6 is 0 Å². The number of hydrogen-bond acceptors (Lipinski definition) is 5. The number of fused-ring (bicyclic) bond motifs is 4. The molecule has 0 aliphatic carbocycles. The van der Waals surface area contributed by atoms with Crippen LogP contribution in [-0.2, 0) is 0 Å². The molecule has 1 fully saturated rings. The molecule has 1 spiro atoms. The predicted octanol–water partition coefficient (Wildman–Crippen LogP) is 3.67. The van der Waals surface area contributed by atoms with E-state index in [0.717, 1.165) is 54.9 Å². The van der Waals surface area contributed by atoms with E-state index in [1.165, 1.54) is 5.56 Å². The molecule has 2 aromatic rings. The number of rotatable bonds is 1. The van der Waals surface area contributed by atoms with Crippen LogP contribution in [0.2, 0.25) is 0 Å². The maximum Gasteiger partial charge on any atom is 0.200 e. The van der Waals surface area contributed by atoms with Crippen LogP contribution in [0.5, 0.6) is 11.5 Å². The number of aromatic hydroxyl groups is 1. The first kappa shape index (κ1) is 16.6. The minimum absolute atomic E-state index is 0.160. The van der Waals surface area contributed by atoms with Crippen molar-refractivity contribution in [2.24, 2.45) is 5.10 Å². The van der Waals surface area contributed by atoms with Crippen LogP contribution in [0, 0.1) is 6.92 Å². The molecule has 0 amide bonds. The van der Waals surface area contributed by atoms with Gasteiger partial charge in [0, 0.05) is 43.5 Å². The van der Waals surface area contributed by atoms with E-state index in [0.29, 0.717) is 5.75 Å². The second-order valence-corrected chi connectivity index (χ2v) is 8.02. The Kier molecular flexibility index (Phi) is 3.69. The van der Waals surface area contributed by atoms with Gasteiger partial charge in [-0.2, -0.15) is 5.10 Å². The van der Waals surface area contributed by atoms with Gasteiger partial charge in [0.1, 0.15) is 11.5 Å². The van der Waals surface area contributed by atoms with Crippen LogP contribution in [0.15, 0.2) is 47.6 Å². The molecule has 3 aliphatic rings. The number of likely N-dealkylation sites (tertiary alicyclic amines) is 1. The van der Waals surface area contributed by atoms with Crippen molar-refractivity contribution < 1.29 is 9.84 Å². The number of aryl methyl sites for hydroxylation is 1. The first-order valence-electron chi connectivity index (χ1n) is 9.69. The number of phenolic OH excluding ortho intramolecular Hbond substituents is 1. The number of hydrogen-bond donors (Lipinski definition) is 1. The Balaban J connectivity index is 1.60. The van der Waals surface area contributed by atoms with E-state index < -0.39 is 5.72 Å². The quantitative estimate of drug-likeness (QED) is 0.840. The van der Waals surface area contributed by atoms with E-state index in [1.54, 1.807) is 6.07 Å². The summed E-state index contributed by atoms with van der Waals surface area (Å²) in [6.45, 7) is 4.03. The fourth-order valence-corrected chi connectivity index (χ4v) is 4.57. The molecule has 1 saturated heterocycles. The smallest absolute Gasteiger partial charge is 0.200 e. The summed E-state index contributed by atoms with van der Waals surface area (Å²) in [7, 11) is 2.16. The van der Waals surface area contributed by atoms with Crippen LogP contribution < -0.4 is 4.74 Å². The van der Waals surface area contributed by atoms with Crippen molar-refractivity contribution in [2.75, 3.05) is 20.1 Å². The predicted molar refractivity (Wildman–Crippen MR) is 105 cm³/mol. The molecule has 5 rings (SSSR count). The number of phenols is 1. The summed E-state index contributed by atoms with van der Waals surface area (Å²) >= 11 is 0. The molecule has 0 saturated carbocycles. The largest absolute Gasteiger partial charge is 0.507 e. The van der Waals surface area contributed by atoms with Gasteiger partial charge < -0.3 is 14.7 Å². The third kappa shape index (κ3) is 2.60. The van der Waals surface area contributed by atoms with Crippen LogP contribution in [0.4, 0.5) is 0 Å². The minimum Gasteiger partial charge on any atom is -0.507 e. The maximum atomic E-state index is 10.4. The van der Waals surface area contributed by atoms with Gasteiger partial charge in [0.05, 0.1) is 11.8 Å². The van der Waals surface area contributed by atoms with Gasteiger partial charge in [-0.05, 0) is 32.2 Å². The minimum atomic E-state index is -0.396. The van der Waals surface area contributed by atoms with Crippen LogP contribution in [0.3, 0.4) is 0 Å². The molecule has 5 nitrogen and oxygen atoms in total. The fraction of sp³-hybridized carbons (Fsp3) is 0.409. The molecule has 0 radical (unpaired) electrons. The van der Waals surface area contributed by atoms with E-state index in [1.807, 2.05) is 25.1 Å².